The van der Waals surface area contributed by atoms with Gasteiger partial charge in [-0.05, 0) is 170 Å². The zero-order valence-electron chi connectivity index (χ0n) is 48.6. The number of thiophene rings is 1. The third-order valence-corrected chi connectivity index (χ3v) is 18.3. The summed E-state index contributed by atoms with van der Waals surface area (Å²) in [5.41, 5.74) is 27.2. The van der Waals surface area contributed by atoms with Gasteiger partial charge in [0, 0.05) is 70.8 Å². The molecule has 4 heterocycles. The lowest BCUT2D eigenvalue weighted by molar-refractivity contribution is 0.589. The standard InChI is InChI=1S/C72H76BN3S/c1-17-45-24-19-20-25-52(45)67-51(18-2)54-38-48(71(11,12)13)39-56-68(54)76(67)62-41-49(72(14,15)16)40-61-66(62)73(56)55-33-32-50(42-60(55)75(61)59-27-23-29-64-65(59)53-26-21-22-28-63(53)77-64)74(57-34-30-46(36-43(57)3)69(5,6)7)58-35-31-47(37-44(58)4)70(8,9)10/h19-42H,17-18H2,1-16H3. The van der Waals surface area contributed by atoms with Gasteiger partial charge in [-0.2, -0.15) is 0 Å². The second kappa shape index (κ2) is 17.9. The van der Waals surface area contributed by atoms with Crippen LogP contribution in [0.4, 0.5) is 34.1 Å². The maximum absolute atomic E-state index is 2.74. The number of nitrogens with zero attached hydrogens (tertiary/aromatic N) is 3. The highest BCUT2D eigenvalue weighted by atomic mass is 32.1. The fourth-order valence-corrected chi connectivity index (χ4v) is 14.0. The summed E-state index contributed by atoms with van der Waals surface area (Å²) in [6.45, 7) is 37.5. The minimum Gasteiger partial charge on any atom is -0.311 e. The van der Waals surface area contributed by atoms with Gasteiger partial charge < -0.3 is 14.4 Å². The minimum atomic E-state index is -0.155. The van der Waals surface area contributed by atoms with Crippen LogP contribution in [0.5, 0.6) is 0 Å². The van der Waals surface area contributed by atoms with Crippen LogP contribution in [0.1, 0.15) is 141 Å². The average molecular weight is 1030 g/mol. The molecule has 77 heavy (non-hydrogen) atoms. The van der Waals surface area contributed by atoms with Gasteiger partial charge >= 0.3 is 0 Å². The molecule has 0 saturated heterocycles. The molecule has 5 heteroatoms. The number of anilines is 6. The molecule has 0 fully saturated rings. The second-order valence-electron chi connectivity index (χ2n) is 26.5. The number of benzene rings is 8. The predicted octanol–water partition coefficient (Wildman–Crippen LogP) is 18.7. The van der Waals surface area contributed by atoms with Gasteiger partial charge in [-0.25, -0.2) is 0 Å². The van der Waals surface area contributed by atoms with E-state index in [0.717, 1.165) is 18.5 Å². The predicted molar refractivity (Wildman–Crippen MR) is 339 cm³/mol. The Kier molecular flexibility index (Phi) is 11.8. The monoisotopic (exact) mass is 1030 g/mol. The highest BCUT2D eigenvalue weighted by Crippen LogP contribution is 2.51. The van der Waals surface area contributed by atoms with Crippen molar-refractivity contribution in [3.63, 3.8) is 0 Å². The highest BCUT2D eigenvalue weighted by molar-refractivity contribution is 7.26. The number of aromatic nitrogens is 1. The number of fused-ring (bicyclic) bond motifs is 7. The summed E-state index contributed by atoms with van der Waals surface area (Å²) in [6.07, 6.45) is 1.89. The maximum atomic E-state index is 2.74. The molecular weight excluding hydrogens is 950 g/mol. The van der Waals surface area contributed by atoms with E-state index in [9.17, 15) is 0 Å². The largest absolute Gasteiger partial charge is 0.311 e. The molecule has 0 amide bonds. The third kappa shape index (κ3) is 8.11. The molecule has 0 atom stereocenters. The van der Waals surface area contributed by atoms with Crippen LogP contribution in [-0.4, -0.2) is 11.3 Å². The van der Waals surface area contributed by atoms with Crippen molar-refractivity contribution in [1.29, 1.82) is 0 Å². The zero-order valence-corrected chi connectivity index (χ0v) is 49.4. The van der Waals surface area contributed by atoms with Crippen molar-refractivity contribution in [2.45, 2.75) is 145 Å². The smallest absolute Gasteiger partial charge is 0.252 e. The molecule has 2 aliphatic heterocycles. The number of hydrogen-bond acceptors (Lipinski definition) is 3. The van der Waals surface area contributed by atoms with E-state index >= 15 is 0 Å². The molecule has 8 aromatic carbocycles. The van der Waals surface area contributed by atoms with Gasteiger partial charge in [-0.1, -0.05) is 182 Å². The number of hydrogen-bond donors (Lipinski definition) is 0. The average Bonchev–Trinajstić information content (AvgIpc) is 4.16. The molecule has 0 bridgehead atoms. The van der Waals surface area contributed by atoms with E-state index < -0.39 is 0 Å². The van der Waals surface area contributed by atoms with Gasteiger partial charge in [0.2, 0.25) is 0 Å². The van der Waals surface area contributed by atoms with E-state index in [2.05, 4.69) is 271 Å². The maximum Gasteiger partial charge on any atom is 0.252 e. The zero-order chi connectivity index (χ0) is 54.4. The molecule has 2 aliphatic rings. The van der Waals surface area contributed by atoms with Crippen molar-refractivity contribution in [2.75, 3.05) is 9.80 Å². The number of aryl methyl sites for hydroxylation is 4. The topological polar surface area (TPSA) is 11.4 Å². The summed E-state index contributed by atoms with van der Waals surface area (Å²) in [5, 5.41) is 3.99. The lowest BCUT2D eigenvalue weighted by atomic mass is 9.33. The first kappa shape index (κ1) is 51.0. The van der Waals surface area contributed by atoms with Crippen LogP contribution in [0.2, 0.25) is 0 Å². The lowest BCUT2D eigenvalue weighted by Gasteiger charge is -2.42. The molecule has 0 N–H and O–H groups in total. The molecule has 0 spiro atoms. The third-order valence-electron chi connectivity index (χ3n) is 17.2. The van der Waals surface area contributed by atoms with Crippen molar-refractivity contribution in [3.8, 4) is 16.9 Å². The Balaban J connectivity index is 1.25. The first-order valence-corrected chi connectivity index (χ1v) is 29.1. The summed E-state index contributed by atoms with van der Waals surface area (Å²) >= 11 is 1.90. The van der Waals surface area contributed by atoms with Crippen LogP contribution < -0.4 is 26.2 Å². The fraction of sp³-hybridized carbons (Fsp3) is 0.306. The molecule has 2 aromatic heterocycles. The summed E-state index contributed by atoms with van der Waals surface area (Å²) in [4.78, 5) is 5.26. The lowest BCUT2D eigenvalue weighted by Crippen LogP contribution is -2.60. The van der Waals surface area contributed by atoms with Gasteiger partial charge in [0.1, 0.15) is 0 Å². The van der Waals surface area contributed by atoms with E-state index in [1.54, 1.807) is 0 Å². The van der Waals surface area contributed by atoms with Gasteiger partial charge in [-0.15, -0.1) is 11.3 Å². The minimum absolute atomic E-state index is 0.0172. The van der Waals surface area contributed by atoms with Crippen molar-refractivity contribution in [2.24, 2.45) is 0 Å². The quantitative estimate of drug-likeness (QED) is 0.147. The Morgan fingerprint density at radius 1 is 0.481 bits per heavy atom. The van der Waals surface area contributed by atoms with Crippen LogP contribution in [-0.2, 0) is 34.5 Å². The molecular formula is C72H76BN3S. The normalized spacial score (nSPS) is 13.5. The van der Waals surface area contributed by atoms with Gasteiger partial charge in [0.05, 0.1) is 11.4 Å². The number of rotatable bonds is 7. The SMILES string of the molecule is CCc1ccccc1-c1c(CC)c2cc(C(C)(C)C)cc3c2n1-c1cc(C(C)(C)C)cc2c1B3c1ccc(N(c3ccc(C(C)(C)C)cc3C)c3ccc(C(C)(C)C)cc3C)cc1N2c1cccc2sc3ccccc3c12. The Morgan fingerprint density at radius 2 is 1.08 bits per heavy atom. The van der Waals surface area contributed by atoms with E-state index in [4.69, 9.17) is 0 Å². The van der Waals surface area contributed by atoms with E-state index in [1.165, 1.54) is 137 Å². The van der Waals surface area contributed by atoms with Crippen LogP contribution >= 0.6 is 11.3 Å². The van der Waals surface area contributed by atoms with Crippen LogP contribution in [0.3, 0.4) is 0 Å². The Hall–Kier alpha value is -6.82. The fourth-order valence-electron chi connectivity index (χ4n) is 12.9. The van der Waals surface area contributed by atoms with E-state index in [0.29, 0.717) is 0 Å². The first-order valence-electron chi connectivity index (χ1n) is 28.3. The van der Waals surface area contributed by atoms with Crippen molar-refractivity contribution >= 4 is 99.6 Å². The molecule has 3 nitrogen and oxygen atoms in total. The summed E-state index contributed by atoms with van der Waals surface area (Å²) < 4.78 is 5.35. The summed E-state index contributed by atoms with van der Waals surface area (Å²) in [6, 6.07) is 57.4. The summed E-state index contributed by atoms with van der Waals surface area (Å²) in [7, 11) is 0. The molecule has 12 rings (SSSR count). The van der Waals surface area contributed by atoms with E-state index in [1.807, 2.05) is 11.3 Å². The highest BCUT2D eigenvalue weighted by Gasteiger charge is 2.45. The first-order chi connectivity index (χ1) is 36.5. The van der Waals surface area contributed by atoms with E-state index in [-0.39, 0.29) is 28.4 Å². The van der Waals surface area contributed by atoms with Gasteiger partial charge in [0.15, 0.2) is 0 Å². The van der Waals surface area contributed by atoms with Crippen molar-refractivity contribution in [1.82, 2.24) is 4.57 Å². The van der Waals surface area contributed by atoms with Crippen molar-refractivity contribution in [3.05, 3.63) is 190 Å². The van der Waals surface area contributed by atoms with Gasteiger partial charge in [-0.3, -0.25) is 0 Å². The van der Waals surface area contributed by atoms with Crippen molar-refractivity contribution < 1.29 is 0 Å². The van der Waals surface area contributed by atoms with Crippen LogP contribution in [0.25, 0.3) is 48.0 Å². The molecule has 388 valence electrons. The second-order valence-corrected chi connectivity index (χ2v) is 27.6. The molecule has 0 radical (unpaired) electrons. The van der Waals surface area contributed by atoms with Crippen LogP contribution in [0, 0.1) is 13.8 Å². The Morgan fingerprint density at radius 3 is 1.70 bits per heavy atom. The molecule has 10 aromatic rings. The Labute approximate surface area is 463 Å². The Bertz CT molecular complexity index is 3980. The van der Waals surface area contributed by atoms with Gasteiger partial charge in [0.25, 0.3) is 6.71 Å². The molecule has 0 saturated carbocycles. The molecule has 0 unspecified atom stereocenters. The molecule has 0 aliphatic carbocycles. The summed E-state index contributed by atoms with van der Waals surface area (Å²) in [5.74, 6) is 0. The van der Waals surface area contributed by atoms with Crippen LogP contribution in [0.15, 0.2) is 146 Å².